The number of methoxy groups -OCH3 is 3. The third-order valence-electron chi connectivity index (χ3n) is 3.16. The standard InChI is InChI=1S/C17H25NO7/c1-17(2,3)25-16(21)18-11(9-14(19)20)10-7-12(22-4)15(24-6)13(8-10)23-5/h7-8,11H,9H2,1-6H3,(H,18,21)(H,19,20)/t11-/m0/s1. The summed E-state index contributed by atoms with van der Waals surface area (Å²) in [6, 6.07) is 2.35. The van der Waals surface area contributed by atoms with Crippen molar-refractivity contribution in [1.29, 1.82) is 0 Å². The molecule has 25 heavy (non-hydrogen) atoms. The van der Waals surface area contributed by atoms with Gasteiger partial charge in [-0.05, 0) is 38.5 Å². The number of rotatable bonds is 7. The molecule has 140 valence electrons. The Bertz CT molecular complexity index is 597. The second-order valence-corrected chi connectivity index (χ2v) is 6.26. The predicted molar refractivity (Wildman–Crippen MR) is 90.5 cm³/mol. The fourth-order valence-corrected chi connectivity index (χ4v) is 2.18. The Morgan fingerprint density at radius 3 is 1.96 bits per heavy atom. The maximum Gasteiger partial charge on any atom is 0.408 e. The summed E-state index contributed by atoms with van der Waals surface area (Å²) in [5, 5.41) is 11.7. The molecule has 0 aliphatic carbocycles. The van der Waals surface area contributed by atoms with Gasteiger partial charge in [-0.15, -0.1) is 0 Å². The van der Waals surface area contributed by atoms with Gasteiger partial charge in [0.1, 0.15) is 5.60 Å². The molecule has 1 aromatic carbocycles. The van der Waals surface area contributed by atoms with Crippen molar-refractivity contribution in [2.24, 2.45) is 0 Å². The molecule has 8 heteroatoms. The first kappa shape index (κ1) is 20.4. The van der Waals surface area contributed by atoms with Crippen LogP contribution in [-0.4, -0.2) is 44.1 Å². The molecule has 1 aromatic rings. The molecule has 0 spiro atoms. The number of aliphatic carboxylic acids is 1. The van der Waals surface area contributed by atoms with Crippen LogP contribution in [0, 0.1) is 0 Å². The number of carbonyl (C=O) groups is 2. The lowest BCUT2D eigenvalue weighted by Crippen LogP contribution is -2.35. The van der Waals surface area contributed by atoms with Crippen LogP contribution in [-0.2, 0) is 9.53 Å². The van der Waals surface area contributed by atoms with Crippen LogP contribution in [0.2, 0.25) is 0 Å². The smallest absolute Gasteiger partial charge is 0.408 e. The van der Waals surface area contributed by atoms with E-state index in [2.05, 4.69) is 5.32 Å². The molecule has 0 aromatic heterocycles. The molecule has 0 fully saturated rings. The number of carboxylic acid groups (broad SMARTS) is 1. The molecule has 0 unspecified atom stereocenters. The molecule has 2 N–H and O–H groups in total. The van der Waals surface area contributed by atoms with Crippen LogP contribution in [0.15, 0.2) is 12.1 Å². The zero-order valence-corrected chi connectivity index (χ0v) is 15.3. The molecule has 0 heterocycles. The Kier molecular flexibility index (Phi) is 6.90. The Labute approximate surface area is 147 Å². The lowest BCUT2D eigenvalue weighted by atomic mass is 10.0. The van der Waals surface area contributed by atoms with Gasteiger partial charge >= 0.3 is 12.1 Å². The lowest BCUT2D eigenvalue weighted by Gasteiger charge is -2.24. The van der Waals surface area contributed by atoms with Crippen molar-refractivity contribution in [3.63, 3.8) is 0 Å². The second-order valence-electron chi connectivity index (χ2n) is 6.26. The average molecular weight is 355 g/mol. The van der Waals surface area contributed by atoms with Crippen LogP contribution in [0.1, 0.15) is 38.8 Å². The molecule has 0 bridgehead atoms. The summed E-state index contributed by atoms with van der Waals surface area (Å²) in [6.45, 7) is 5.16. The third-order valence-corrected chi connectivity index (χ3v) is 3.16. The quantitative estimate of drug-likeness (QED) is 0.775. The number of amides is 1. The molecule has 1 atom stereocenters. The van der Waals surface area contributed by atoms with Crippen molar-refractivity contribution in [3.05, 3.63) is 17.7 Å². The van der Waals surface area contributed by atoms with Gasteiger partial charge in [0, 0.05) is 0 Å². The first-order valence-corrected chi connectivity index (χ1v) is 7.62. The number of benzene rings is 1. The fourth-order valence-electron chi connectivity index (χ4n) is 2.18. The van der Waals surface area contributed by atoms with Crippen LogP contribution in [0.4, 0.5) is 4.79 Å². The molecule has 0 aliphatic rings. The molecule has 8 nitrogen and oxygen atoms in total. The van der Waals surface area contributed by atoms with Crippen molar-refractivity contribution in [3.8, 4) is 17.2 Å². The third kappa shape index (κ3) is 6.06. The number of carboxylic acids is 1. The van der Waals surface area contributed by atoms with Crippen molar-refractivity contribution >= 4 is 12.1 Å². The van der Waals surface area contributed by atoms with E-state index in [1.54, 1.807) is 32.9 Å². The molecule has 0 saturated heterocycles. The number of alkyl carbamates (subject to hydrolysis) is 1. The van der Waals surface area contributed by atoms with E-state index in [1.165, 1.54) is 21.3 Å². The minimum absolute atomic E-state index is 0.335. The van der Waals surface area contributed by atoms with E-state index in [-0.39, 0.29) is 6.42 Å². The van der Waals surface area contributed by atoms with Crippen molar-refractivity contribution in [2.45, 2.75) is 38.8 Å². The fraction of sp³-hybridized carbons (Fsp3) is 0.529. The van der Waals surface area contributed by atoms with E-state index in [9.17, 15) is 9.59 Å². The Balaban J connectivity index is 3.22. The van der Waals surface area contributed by atoms with Gasteiger partial charge in [0.15, 0.2) is 11.5 Å². The maximum atomic E-state index is 12.0. The Hall–Kier alpha value is -2.64. The Morgan fingerprint density at radius 1 is 1.08 bits per heavy atom. The van der Waals surface area contributed by atoms with Crippen LogP contribution >= 0.6 is 0 Å². The second kappa shape index (κ2) is 8.46. The highest BCUT2D eigenvalue weighted by molar-refractivity contribution is 5.72. The molecule has 0 aliphatic heterocycles. The monoisotopic (exact) mass is 355 g/mol. The minimum atomic E-state index is -1.07. The molecule has 1 amide bonds. The van der Waals surface area contributed by atoms with E-state index in [0.29, 0.717) is 22.8 Å². The highest BCUT2D eigenvalue weighted by Crippen LogP contribution is 2.40. The number of nitrogens with one attached hydrogen (secondary N) is 1. The molecular formula is C17H25NO7. The first-order chi connectivity index (χ1) is 11.6. The average Bonchev–Trinajstić information content (AvgIpc) is 2.50. The number of hydrogen-bond donors (Lipinski definition) is 2. The van der Waals surface area contributed by atoms with Gasteiger partial charge in [-0.2, -0.15) is 0 Å². The molecule has 0 radical (unpaired) electrons. The van der Waals surface area contributed by atoms with E-state index >= 15 is 0 Å². The van der Waals surface area contributed by atoms with Crippen LogP contribution < -0.4 is 19.5 Å². The molecule has 1 rings (SSSR count). The summed E-state index contributed by atoms with van der Waals surface area (Å²) in [5.41, 5.74) is -0.213. The summed E-state index contributed by atoms with van der Waals surface area (Å²) in [5.74, 6) is 0.0198. The summed E-state index contributed by atoms with van der Waals surface area (Å²) in [4.78, 5) is 23.2. The lowest BCUT2D eigenvalue weighted by molar-refractivity contribution is -0.137. The Morgan fingerprint density at radius 2 is 1.60 bits per heavy atom. The van der Waals surface area contributed by atoms with E-state index < -0.39 is 23.7 Å². The van der Waals surface area contributed by atoms with Crippen LogP contribution in [0.25, 0.3) is 0 Å². The van der Waals surface area contributed by atoms with Crippen LogP contribution in [0.5, 0.6) is 17.2 Å². The highest BCUT2D eigenvalue weighted by atomic mass is 16.6. The zero-order chi connectivity index (χ0) is 19.2. The topological polar surface area (TPSA) is 103 Å². The van der Waals surface area contributed by atoms with Crippen molar-refractivity contribution in [1.82, 2.24) is 5.32 Å². The SMILES string of the molecule is COc1cc([C@H](CC(=O)O)NC(=O)OC(C)(C)C)cc(OC)c1OC. The number of ether oxygens (including phenoxy) is 4. The van der Waals surface area contributed by atoms with Crippen molar-refractivity contribution < 1.29 is 33.6 Å². The minimum Gasteiger partial charge on any atom is -0.493 e. The van der Waals surface area contributed by atoms with Gasteiger partial charge in [-0.1, -0.05) is 0 Å². The van der Waals surface area contributed by atoms with Gasteiger partial charge in [0.2, 0.25) is 5.75 Å². The van der Waals surface area contributed by atoms with Gasteiger partial charge in [-0.25, -0.2) is 4.79 Å². The first-order valence-electron chi connectivity index (χ1n) is 7.62. The predicted octanol–water partition coefficient (Wildman–Crippen LogP) is 2.75. The van der Waals surface area contributed by atoms with E-state index in [0.717, 1.165) is 0 Å². The van der Waals surface area contributed by atoms with E-state index in [4.69, 9.17) is 24.1 Å². The van der Waals surface area contributed by atoms with Crippen LogP contribution in [0.3, 0.4) is 0 Å². The molecular weight excluding hydrogens is 330 g/mol. The summed E-state index contributed by atoms with van der Waals surface area (Å²) >= 11 is 0. The maximum absolute atomic E-state index is 12.0. The number of carbonyl (C=O) groups excluding carboxylic acids is 1. The largest absolute Gasteiger partial charge is 0.493 e. The van der Waals surface area contributed by atoms with Gasteiger partial charge < -0.3 is 29.4 Å². The summed E-state index contributed by atoms with van der Waals surface area (Å²) in [6.07, 6.45) is -1.05. The van der Waals surface area contributed by atoms with E-state index in [1.807, 2.05) is 0 Å². The van der Waals surface area contributed by atoms with Crippen molar-refractivity contribution in [2.75, 3.05) is 21.3 Å². The summed E-state index contributed by atoms with van der Waals surface area (Å²) in [7, 11) is 4.37. The van der Waals surface area contributed by atoms with Gasteiger partial charge in [0.25, 0.3) is 0 Å². The highest BCUT2D eigenvalue weighted by Gasteiger charge is 2.25. The zero-order valence-electron chi connectivity index (χ0n) is 15.3. The number of hydrogen-bond acceptors (Lipinski definition) is 6. The van der Waals surface area contributed by atoms with Gasteiger partial charge in [0.05, 0.1) is 33.8 Å². The van der Waals surface area contributed by atoms with Gasteiger partial charge in [-0.3, -0.25) is 4.79 Å². The molecule has 0 saturated carbocycles. The summed E-state index contributed by atoms with van der Waals surface area (Å²) < 4.78 is 21.0. The normalized spacial score (nSPS) is 12.1.